The predicted molar refractivity (Wildman–Crippen MR) is 66.7 cm³/mol. The summed E-state index contributed by atoms with van der Waals surface area (Å²) in [6.07, 6.45) is 0. The van der Waals surface area contributed by atoms with E-state index in [0.717, 1.165) is 0 Å². The molecule has 0 unspecified atom stereocenters. The Labute approximate surface area is 106 Å². The molecule has 1 aromatic rings. The van der Waals surface area contributed by atoms with E-state index in [-0.39, 0.29) is 23.8 Å². The molecule has 5 nitrogen and oxygen atoms in total. The van der Waals surface area contributed by atoms with Gasteiger partial charge in [0.2, 0.25) is 0 Å². The van der Waals surface area contributed by atoms with Crippen LogP contribution in [0, 0.1) is 5.92 Å². The van der Waals surface area contributed by atoms with E-state index in [1.807, 2.05) is 13.8 Å². The number of aromatic carboxylic acids is 1. The molecule has 0 bridgehead atoms. The fourth-order valence-electron chi connectivity index (χ4n) is 1.28. The molecule has 1 aromatic carbocycles. The molecular weight excluding hydrogens is 234 g/mol. The van der Waals surface area contributed by atoms with E-state index in [2.05, 4.69) is 5.32 Å². The lowest BCUT2D eigenvalue weighted by Gasteiger charge is -2.10. The molecule has 0 heterocycles. The highest BCUT2D eigenvalue weighted by Crippen LogP contribution is 2.17. The molecule has 98 valence electrons. The van der Waals surface area contributed by atoms with Crippen molar-refractivity contribution in [2.75, 3.05) is 13.2 Å². The van der Waals surface area contributed by atoms with Crippen LogP contribution in [0.5, 0.6) is 5.75 Å². The third-order valence-corrected chi connectivity index (χ3v) is 2.18. The van der Waals surface area contributed by atoms with E-state index in [9.17, 15) is 9.59 Å². The molecular formula is C13H17NO4. The Morgan fingerprint density at radius 2 is 2.00 bits per heavy atom. The Bertz CT molecular complexity index is 429. The highest BCUT2D eigenvalue weighted by molar-refractivity contribution is 5.91. The number of amides is 1. The fraction of sp³-hybridized carbons (Fsp3) is 0.385. The van der Waals surface area contributed by atoms with Gasteiger partial charge in [0.25, 0.3) is 5.91 Å². The van der Waals surface area contributed by atoms with Crippen molar-refractivity contribution in [3.8, 4) is 5.75 Å². The molecule has 1 amide bonds. The number of carbonyl (C=O) groups is 2. The topological polar surface area (TPSA) is 75.6 Å². The van der Waals surface area contributed by atoms with E-state index < -0.39 is 5.97 Å². The highest BCUT2D eigenvalue weighted by Gasteiger charge is 2.11. The van der Waals surface area contributed by atoms with Crippen molar-refractivity contribution in [3.05, 3.63) is 29.8 Å². The number of benzene rings is 1. The first-order valence-corrected chi connectivity index (χ1v) is 5.72. The van der Waals surface area contributed by atoms with Gasteiger partial charge in [-0.2, -0.15) is 0 Å². The Kier molecular flexibility index (Phi) is 5.17. The molecule has 0 aliphatic carbocycles. The minimum absolute atomic E-state index is 0.0501. The largest absolute Gasteiger partial charge is 0.483 e. The average molecular weight is 251 g/mol. The standard InChI is InChI=1S/C13H17NO4/c1-9(2)7-14-12(15)8-18-11-6-4-3-5-10(11)13(16)17/h3-6,9H,7-8H2,1-2H3,(H,14,15)(H,16,17). The van der Waals surface area contributed by atoms with Gasteiger partial charge in [-0.1, -0.05) is 26.0 Å². The van der Waals surface area contributed by atoms with Gasteiger partial charge in [0.1, 0.15) is 11.3 Å². The Hall–Kier alpha value is -2.04. The van der Waals surface area contributed by atoms with Crippen LogP contribution in [0.2, 0.25) is 0 Å². The van der Waals surface area contributed by atoms with Gasteiger partial charge >= 0.3 is 5.97 Å². The van der Waals surface area contributed by atoms with Crippen molar-refractivity contribution in [3.63, 3.8) is 0 Å². The second-order valence-corrected chi connectivity index (χ2v) is 4.29. The number of nitrogens with one attached hydrogen (secondary N) is 1. The zero-order valence-corrected chi connectivity index (χ0v) is 10.5. The molecule has 1 rings (SSSR count). The number of carbonyl (C=O) groups excluding carboxylic acids is 1. The molecule has 0 radical (unpaired) electrons. The quantitative estimate of drug-likeness (QED) is 0.804. The molecule has 0 aromatic heterocycles. The third-order valence-electron chi connectivity index (χ3n) is 2.18. The second kappa shape index (κ2) is 6.64. The summed E-state index contributed by atoms with van der Waals surface area (Å²) in [6.45, 7) is 4.36. The van der Waals surface area contributed by atoms with Gasteiger partial charge < -0.3 is 15.2 Å². The van der Waals surface area contributed by atoms with Crippen molar-refractivity contribution in [2.24, 2.45) is 5.92 Å². The molecule has 2 N–H and O–H groups in total. The maximum atomic E-state index is 11.4. The molecule has 0 aliphatic rings. The second-order valence-electron chi connectivity index (χ2n) is 4.29. The van der Waals surface area contributed by atoms with Crippen LogP contribution in [0.25, 0.3) is 0 Å². The molecule has 18 heavy (non-hydrogen) atoms. The minimum atomic E-state index is -1.08. The van der Waals surface area contributed by atoms with Gasteiger partial charge in [0.15, 0.2) is 6.61 Å². The summed E-state index contributed by atoms with van der Waals surface area (Å²) < 4.78 is 5.20. The van der Waals surface area contributed by atoms with Crippen LogP contribution in [-0.4, -0.2) is 30.1 Å². The summed E-state index contributed by atoms with van der Waals surface area (Å²) in [4.78, 5) is 22.3. The zero-order valence-electron chi connectivity index (χ0n) is 10.5. The zero-order chi connectivity index (χ0) is 13.5. The van der Waals surface area contributed by atoms with Crippen molar-refractivity contribution in [1.29, 1.82) is 0 Å². The van der Waals surface area contributed by atoms with Crippen LogP contribution in [-0.2, 0) is 4.79 Å². The molecule has 0 spiro atoms. The number of carboxylic acids is 1. The van der Waals surface area contributed by atoms with Gasteiger partial charge in [-0.15, -0.1) is 0 Å². The summed E-state index contributed by atoms with van der Waals surface area (Å²) in [5, 5.41) is 11.6. The van der Waals surface area contributed by atoms with Gasteiger partial charge in [-0.25, -0.2) is 4.79 Å². The number of carboxylic acid groups (broad SMARTS) is 1. The number of ether oxygens (including phenoxy) is 1. The van der Waals surface area contributed by atoms with Gasteiger partial charge in [0.05, 0.1) is 0 Å². The third kappa shape index (κ3) is 4.45. The summed E-state index contributed by atoms with van der Waals surface area (Å²) >= 11 is 0. The number of hydrogen-bond acceptors (Lipinski definition) is 3. The Morgan fingerprint density at radius 3 is 2.61 bits per heavy atom. The Morgan fingerprint density at radius 1 is 1.33 bits per heavy atom. The normalized spacial score (nSPS) is 10.2. The first-order valence-electron chi connectivity index (χ1n) is 5.72. The van der Waals surface area contributed by atoms with E-state index >= 15 is 0 Å². The maximum Gasteiger partial charge on any atom is 0.339 e. The first kappa shape index (κ1) is 14.0. The molecule has 0 saturated heterocycles. The summed E-state index contributed by atoms with van der Waals surface area (Å²) in [6, 6.07) is 6.23. The number of para-hydroxylation sites is 1. The van der Waals surface area contributed by atoms with E-state index in [1.54, 1.807) is 12.1 Å². The maximum absolute atomic E-state index is 11.4. The molecule has 0 atom stereocenters. The van der Waals surface area contributed by atoms with E-state index in [1.165, 1.54) is 12.1 Å². The molecule has 0 fully saturated rings. The van der Waals surface area contributed by atoms with Crippen molar-refractivity contribution in [2.45, 2.75) is 13.8 Å². The van der Waals surface area contributed by atoms with Gasteiger partial charge in [-0.3, -0.25) is 4.79 Å². The van der Waals surface area contributed by atoms with Crippen molar-refractivity contribution >= 4 is 11.9 Å². The Balaban J connectivity index is 2.53. The van der Waals surface area contributed by atoms with Gasteiger partial charge in [0, 0.05) is 6.54 Å². The van der Waals surface area contributed by atoms with Crippen molar-refractivity contribution < 1.29 is 19.4 Å². The van der Waals surface area contributed by atoms with Crippen LogP contribution in [0.4, 0.5) is 0 Å². The molecule has 5 heteroatoms. The van der Waals surface area contributed by atoms with Gasteiger partial charge in [-0.05, 0) is 18.1 Å². The first-order chi connectivity index (χ1) is 8.50. The lowest BCUT2D eigenvalue weighted by molar-refractivity contribution is -0.123. The van der Waals surface area contributed by atoms with Crippen LogP contribution >= 0.6 is 0 Å². The predicted octanol–water partition coefficient (Wildman–Crippen LogP) is 1.54. The SMILES string of the molecule is CC(C)CNC(=O)COc1ccccc1C(=O)O. The lowest BCUT2D eigenvalue weighted by Crippen LogP contribution is -2.31. The fourth-order valence-corrected chi connectivity index (χ4v) is 1.28. The molecule has 0 aliphatic heterocycles. The van der Waals surface area contributed by atoms with E-state index in [4.69, 9.17) is 9.84 Å². The van der Waals surface area contributed by atoms with Crippen LogP contribution in [0.1, 0.15) is 24.2 Å². The van der Waals surface area contributed by atoms with Crippen molar-refractivity contribution in [1.82, 2.24) is 5.32 Å². The molecule has 0 saturated carbocycles. The summed E-state index contributed by atoms with van der Waals surface area (Å²) in [5.74, 6) is -0.776. The highest BCUT2D eigenvalue weighted by atomic mass is 16.5. The van der Waals surface area contributed by atoms with Crippen LogP contribution in [0.3, 0.4) is 0 Å². The monoisotopic (exact) mass is 251 g/mol. The smallest absolute Gasteiger partial charge is 0.339 e. The summed E-state index contributed by atoms with van der Waals surface area (Å²) in [7, 11) is 0. The summed E-state index contributed by atoms with van der Waals surface area (Å²) in [5.41, 5.74) is 0.0501. The van der Waals surface area contributed by atoms with E-state index in [0.29, 0.717) is 12.5 Å². The number of rotatable bonds is 6. The number of hydrogen-bond donors (Lipinski definition) is 2. The van der Waals surface area contributed by atoms with Crippen LogP contribution in [0.15, 0.2) is 24.3 Å². The average Bonchev–Trinajstić information content (AvgIpc) is 2.34. The van der Waals surface area contributed by atoms with Crippen LogP contribution < -0.4 is 10.1 Å². The minimum Gasteiger partial charge on any atom is -0.483 e. The lowest BCUT2D eigenvalue weighted by atomic mass is 10.2.